The number of anilines is 1. The van der Waals surface area contributed by atoms with Gasteiger partial charge >= 0.3 is 0 Å². The van der Waals surface area contributed by atoms with Gasteiger partial charge in [0.05, 0.1) is 17.4 Å². The van der Waals surface area contributed by atoms with Crippen molar-refractivity contribution in [2.45, 2.75) is 13.3 Å². The maximum atomic E-state index is 12.1. The minimum absolute atomic E-state index is 0.408. The van der Waals surface area contributed by atoms with Gasteiger partial charge in [0.1, 0.15) is 0 Å². The SMILES string of the molecule is Cc1ccc2c(c1)C(=O)C(=O)N2CCc1cnn(C)c1. The zero-order chi connectivity index (χ0) is 14.3. The van der Waals surface area contributed by atoms with Crippen molar-refractivity contribution in [1.29, 1.82) is 0 Å². The van der Waals surface area contributed by atoms with Crippen LogP contribution in [0.3, 0.4) is 0 Å². The molecule has 1 aliphatic rings. The predicted octanol–water partition coefficient (Wildman–Crippen LogP) is 1.50. The molecule has 0 saturated carbocycles. The van der Waals surface area contributed by atoms with E-state index in [0.29, 0.717) is 18.5 Å². The highest BCUT2D eigenvalue weighted by Gasteiger charge is 2.35. The van der Waals surface area contributed by atoms with Gasteiger partial charge < -0.3 is 4.90 Å². The van der Waals surface area contributed by atoms with Crippen LogP contribution < -0.4 is 4.90 Å². The van der Waals surface area contributed by atoms with Crippen LogP contribution >= 0.6 is 0 Å². The van der Waals surface area contributed by atoms with Gasteiger partial charge in [0.15, 0.2) is 0 Å². The number of benzene rings is 1. The van der Waals surface area contributed by atoms with E-state index in [1.165, 1.54) is 0 Å². The maximum Gasteiger partial charge on any atom is 0.299 e. The highest BCUT2D eigenvalue weighted by atomic mass is 16.2. The molecule has 1 aromatic heterocycles. The summed E-state index contributed by atoms with van der Waals surface area (Å²) in [5, 5.41) is 4.10. The molecule has 2 heterocycles. The van der Waals surface area contributed by atoms with Gasteiger partial charge in [-0.1, -0.05) is 11.6 Å². The molecule has 1 aliphatic heterocycles. The number of aromatic nitrogens is 2. The van der Waals surface area contributed by atoms with Crippen molar-refractivity contribution in [3.63, 3.8) is 0 Å². The monoisotopic (exact) mass is 269 g/mol. The molecule has 2 aromatic rings. The van der Waals surface area contributed by atoms with Gasteiger partial charge in [0, 0.05) is 19.8 Å². The molecule has 1 aromatic carbocycles. The molecule has 102 valence electrons. The summed E-state index contributed by atoms with van der Waals surface area (Å²) in [6.07, 6.45) is 4.37. The predicted molar refractivity (Wildman–Crippen MR) is 74.8 cm³/mol. The number of rotatable bonds is 3. The van der Waals surface area contributed by atoms with E-state index >= 15 is 0 Å². The van der Waals surface area contributed by atoms with E-state index in [9.17, 15) is 9.59 Å². The van der Waals surface area contributed by atoms with Crippen molar-refractivity contribution >= 4 is 17.4 Å². The van der Waals surface area contributed by atoms with Gasteiger partial charge in [-0.3, -0.25) is 14.3 Å². The molecule has 0 aliphatic carbocycles. The Morgan fingerprint density at radius 1 is 1.25 bits per heavy atom. The van der Waals surface area contributed by atoms with E-state index in [1.54, 1.807) is 21.8 Å². The van der Waals surface area contributed by atoms with E-state index in [2.05, 4.69) is 5.10 Å². The van der Waals surface area contributed by atoms with Gasteiger partial charge in [0.2, 0.25) is 0 Å². The summed E-state index contributed by atoms with van der Waals surface area (Å²) in [7, 11) is 1.85. The number of nitrogens with zero attached hydrogens (tertiary/aromatic N) is 3. The Balaban J connectivity index is 1.84. The first kappa shape index (κ1) is 12.6. The fraction of sp³-hybridized carbons (Fsp3) is 0.267. The van der Waals surface area contributed by atoms with Gasteiger partial charge in [-0.05, 0) is 31.0 Å². The molecule has 0 bridgehead atoms. The molecule has 0 fully saturated rings. The Labute approximate surface area is 116 Å². The van der Waals surface area contributed by atoms with Crippen molar-refractivity contribution in [3.8, 4) is 0 Å². The molecule has 0 spiro atoms. The average molecular weight is 269 g/mol. The quantitative estimate of drug-likeness (QED) is 0.793. The second-order valence-corrected chi connectivity index (χ2v) is 5.08. The summed E-state index contributed by atoms with van der Waals surface area (Å²) < 4.78 is 1.73. The lowest BCUT2D eigenvalue weighted by atomic mass is 10.1. The first-order valence-electron chi connectivity index (χ1n) is 6.50. The summed E-state index contributed by atoms with van der Waals surface area (Å²) in [4.78, 5) is 25.6. The number of hydrogen-bond donors (Lipinski definition) is 0. The first-order chi connectivity index (χ1) is 9.56. The van der Waals surface area contributed by atoms with Gasteiger partial charge in [-0.25, -0.2) is 0 Å². The first-order valence-corrected chi connectivity index (χ1v) is 6.50. The Morgan fingerprint density at radius 3 is 2.75 bits per heavy atom. The Hall–Kier alpha value is -2.43. The summed E-state index contributed by atoms with van der Waals surface area (Å²) >= 11 is 0. The summed E-state index contributed by atoms with van der Waals surface area (Å²) in [5.74, 6) is -0.843. The lowest BCUT2D eigenvalue weighted by molar-refractivity contribution is -0.114. The van der Waals surface area contributed by atoms with Crippen molar-refractivity contribution in [3.05, 3.63) is 47.3 Å². The molecule has 3 rings (SSSR count). The number of amides is 1. The second-order valence-electron chi connectivity index (χ2n) is 5.08. The number of carbonyl (C=O) groups is 2. The molecular formula is C15H15N3O2. The minimum Gasteiger partial charge on any atom is -0.304 e. The number of fused-ring (bicyclic) bond motifs is 1. The van der Waals surface area contributed by atoms with E-state index in [0.717, 1.165) is 16.8 Å². The van der Waals surface area contributed by atoms with E-state index in [1.807, 2.05) is 32.3 Å². The van der Waals surface area contributed by atoms with Crippen LogP contribution in [0.15, 0.2) is 30.6 Å². The van der Waals surface area contributed by atoms with E-state index in [-0.39, 0.29) is 0 Å². The molecule has 0 unspecified atom stereocenters. The van der Waals surface area contributed by atoms with Crippen LogP contribution in [0.1, 0.15) is 21.5 Å². The van der Waals surface area contributed by atoms with Crippen molar-refractivity contribution in [2.75, 3.05) is 11.4 Å². The van der Waals surface area contributed by atoms with E-state index < -0.39 is 11.7 Å². The van der Waals surface area contributed by atoms with Crippen LogP contribution in [-0.4, -0.2) is 28.0 Å². The largest absolute Gasteiger partial charge is 0.304 e. The molecule has 5 heteroatoms. The third-order valence-electron chi connectivity index (χ3n) is 3.51. The van der Waals surface area contributed by atoms with Crippen molar-refractivity contribution in [1.82, 2.24) is 9.78 Å². The number of Topliss-reactive ketones (excluding diaryl/α,β-unsaturated/α-hetero) is 1. The van der Waals surface area contributed by atoms with Gasteiger partial charge in [-0.15, -0.1) is 0 Å². The highest BCUT2D eigenvalue weighted by Crippen LogP contribution is 2.29. The zero-order valence-electron chi connectivity index (χ0n) is 11.5. The maximum absolute atomic E-state index is 12.1. The van der Waals surface area contributed by atoms with Crippen LogP contribution in [0.2, 0.25) is 0 Å². The van der Waals surface area contributed by atoms with E-state index in [4.69, 9.17) is 0 Å². The Bertz CT molecular complexity index is 703. The fourth-order valence-corrected chi connectivity index (χ4v) is 2.48. The highest BCUT2D eigenvalue weighted by molar-refractivity contribution is 6.52. The molecule has 0 N–H and O–H groups in total. The summed E-state index contributed by atoms with van der Waals surface area (Å²) in [5.41, 5.74) is 3.27. The Morgan fingerprint density at radius 2 is 2.05 bits per heavy atom. The van der Waals surface area contributed by atoms with Gasteiger partial charge in [0.25, 0.3) is 11.7 Å². The summed E-state index contributed by atoms with van der Waals surface area (Å²) in [6, 6.07) is 5.54. The van der Waals surface area contributed by atoms with Crippen LogP contribution in [0.25, 0.3) is 0 Å². The smallest absolute Gasteiger partial charge is 0.299 e. The second kappa shape index (κ2) is 4.59. The number of carbonyl (C=O) groups excluding carboxylic acids is 2. The standard InChI is InChI=1S/C15H15N3O2/c1-10-3-4-13-12(7-10)14(19)15(20)18(13)6-5-11-8-16-17(2)9-11/h3-4,7-9H,5-6H2,1-2H3. The number of ketones is 1. The molecule has 0 atom stereocenters. The number of aryl methyl sites for hydroxylation is 2. The Kier molecular flexibility index (Phi) is 2.89. The molecule has 0 radical (unpaired) electrons. The van der Waals surface area contributed by atoms with Gasteiger partial charge in [-0.2, -0.15) is 5.10 Å². The van der Waals surface area contributed by atoms with Crippen molar-refractivity contribution in [2.24, 2.45) is 7.05 Å². The number of hydrogen-bond acceptors (Lipinski definition) is 3. The van der Waals surface area contributed by atoms with Crippen LogP contribution in [0.5, 0.6) is 0 Å². The fourth-order valence-electron chi connectivity index (χ4n) is 2.48. The lowest BCUT2D eigenvalue weighted by Crippen LogP contribution is -2.31. The summed E-state index contributed by atoms with van der Waals surface area (Å²) in [6.45, 7) is 2.41. The third kappa shape index (κ3) is 2.01. The lowest BCUT2D eigenvalue weighted by Gasteiger charge is -2.15. The average Bonchev–Trinajstić information content (AvgIpc) is 2.93. The van der Waals surface area contributed by atoms with Crippen LogP contribution in [0.4, 0.5) is 5.69 Å². The minimum atomic E-state index is -0.436. The van der Waals surface area contributed by atoms with Crippen LogP contribution in [0, 0.1) is 6.92 Å². The molecule has 20 heavy (non-hydrogen) atoms. The van der Waals surface area contributed by atoms with Crippen LogP contribution in [-0.2, 0) is 18.3 Å². The zero-order valence-corrected chi connectivity index (χ0v) is 11.5. The molecular weight excluding hydrogens is 254 g/mol. The van der Waals surface area contributed by atoms with Crippen molar-refractivity contribution < 1.29 is 9.59 Å². The normalized spacial score (nSPS) is 14.0. The third-order valence-corrected chi connectivity index (χ3v) is 3.51. The molecule has 5 nitrogen and oxygen atoms in total. The molecule has 1 amide bonds. The molecule has 0 saturated heterocycles. The topological polar surface area (TPSA) is 55.2 Å².